The fourth-order valence-corrected chi connectivity index (χ4v) is 2.37. The van der Waals surface area contributed by atoms with Crippen molar-refractivity contribution in [2.75, 3.05) is 7.11 Å². The summed E-state index contributed by atoms with van der Waals surface area (Å²) in [7, 11) is 1.63. The molecular weight excluding hydrogens is 264 g/mol. The number of hydrogen-bond donors (Lipinski definition) is 0. The van der Waals surface area contributed by atoms with Gasteiger partial charge in [-0.25, -0.2) is 0 Å². The maximum absolute atomic E-state index is 12.8. The van der Waals surface area contributed by atoms with Crippen molar-refractivity contribution in [1.82, 2.24) is 10.2 Å². The quantitative estimate of drug-likeness (QED) is 0.809. The summed E-state index contributed by atoms with van der Waals surface area (Å²) in [6.07, 6.45) is 0.683. The zero-order valence-electron chi connectivity index (χ0n) is 13.2. The molecule has 0 aliphatic heterocycles. The maximum Gasteiger partial charge on any atom is 0.195 e. The van der Waals surface area contributed by atoms with E-state index in [9.17, 15) is 4.79 Å². The summed E-state index contributed by atoms with van der Waals surface area (Å²) in [5, 5.41) is 8.17. The van der Waals surface area contributed by atoms with Crippen LogP contribution < -0.4 is 4.74 Å². The van der Waals surface area contributed by atoms with Gasteiger partial charge in [0.2, 0.25) is 0 Å². The van der Waals surface area contributed by atoms with Crippen LogP contribution in [0.4, 0.5) is 0 Å². The molecule has 0 amide bonds. The van der Waals surface area contributed by atoms with Crippen molar-refractivity contribution in [3.63, 3.8) is 0 Å². The minimum atomic E-state index is -0.00639. The fourth-order valence-electron chi connectivity index (χ4n) is 2.37. The van der Waals surface area contributed by atoms with Gasteiger partial charge in [0.25, 0.3) is 0 Å². The van der Waals surface area contributed by atoms with Crippen molar-refractivity contribution in [3.8, 4) is 5.75 Å². The molecule has 110 valence electrons. The molecule has 1 aromatic carbocycles. The molecule has 0 saturated heterocycles. The van der Waals surface area contributed by atoms with E-state index in [2.05, 4.69) is 10.2 Å². The smallest absolute Gasteiger partial charge is 0.195 e. The summed E-state index contributed by atoms with van der Waals surface area (Å²) < 4.78 is 5.30. The first-order valence-electron chi connectivity index (χ1n) is 7.01. The number of methoxy groups -OCH3 is 1. The van der Waals surface area contributed by atoms with E-state index in [4.69, 9.17) is 4.74 Å². The van der Waals surface area contributed by atoms with Crippen LogP contribution in [-0.2, 0) is 6.42 Å². The molecule has 0 saturated carbocycles. The van der Waals surface area contributed by atoms with Crippen molar-refractivity contribution in [3.05, 3.63) is 51.8 Å². The van der Waals surface area contributed by atoms with Crippen LogP contribution in [0.1, 0.15) is 45.4 Å². The van der Waals surface area contributed by atoms with Crippen molar-refractivity contribution in [2.45, 2.75) is 34.1 Å². The predicted molar refractivity (Wildman–Crippen MR) is 82.0 cm³/mol. The summed E-state index contributed by atoms with van der Waals surface area (Å²) in [5.41, 5.74) is 4.66. The number of hydrogen-bond acceptors (Lipinski definition) is 4. The van der Waals surface area contributed by atoms with E-state index >= 15 is 0 Å². The van der Waals surface area contributed by atoms with Gasteiger partial charge in [-0.05, 0) is 56.5 Å². The Hall–Kier alpha value is -2.23. The topological polar surface area (TPSA) is 52.1 Å². The highest BCUT2D eigenvalue weighted by Gasteiger charge is 2.18. The van der Waals surface area contributed by atoms with Gasteiger partial charge < -0.3 is 4.74 Å². The van der Waals surface area contributed by atoms with Gasteiger partial charge in [-0.15, -0.1) is 0 Å². The number of benzene rings is 1. The number of carbonyl (C=O) groups is 1. The van der Waals surface area contributed by atoms with E-state index in [0.29, 0.717) is 17.5 Å². The molecule has 1 heterocycles. The largest absolute Gasteiger partial charge is 0.496 e. The van der Waals surface area contributed by atoms with Crippen molar-refractivity contribution >= 4 is 5.78 Å². The van der Waals surface area contributed by atoms with E-state index in [0.717, 1.165) is 28.3 Å². The maximum atomic E-state index is 12.8. The normalized spacial score (nSPS) is 10.5. The zero-order chi connectivity index (χ0) is 15.6. The van der Waals surface area contributed by atoms with Crippen LogP contribution in [0, 0.1) is 20.8 Å². The molecule has 0 fully saturated rings. The first-order chi connectivity index (χ1) is 9.97. The molecule has 0 bridgehead atoms. The van der Waals surface area contributed by atoms with Crippen LogP contribution in [0.15, 0.2) is 18.2 Å². The zero-order valence-corrected chi connectivity index (χ0v) is 13.2. The van der Waals surface area contributed by atoms with E-state index in [-0.39, 0.29) is 5.78 Å². The molecule has 21 heavy (non-hydrogen) atoms. The third kappa shape index (κ3) is 2.94. The minimum Gasteiger partial charge on any atom is -0.496 e. The lowest BCUT2D eigenvalue weighted by atomic mass is 9.95. The number of carbonyl (C=O) groups excluding carboxylic acids is 1. The van der Waals surface area contributed by atoms with E-state index in [1.165, 1.54) is 0 Å². The number of ketones is 1. The Kier molecular flexibility index (Phi) is 4.36. The second kappa shape index (κ2) is 6.04. The third-order valence-corrected chi connectivity index (χ3v) is 3.56. The number of ether oxygens (including phenoxy) is 1. The predicted octanol–water partition coefficient (Wildman–Crippen LogP) is 3.20. The third-order valence-electron chi connectivity index (χ3n) is 3.56. The summed E-state index contributed by atoms with van der Waals surface area (Å²) >= 11 is 0. The van der Waals surface area contributed by atoms with Gasteiger partial charge >= 0.3 is 0 Å². The van der Waals surface area contributed by atoms with E-state index in [1.807, 2.05) is 45.9 Å². The molecule has 0 atom stereocenters. The lowest BCUT2D eigenvalue weighted by Gasteiger charge is -2.12. The van der Waals surface area contributed by atoms with Crippen molar-refractivity contribution in [1.29, 1.82) is 0 Å². The van der Waals surface area contributed by atoms with Gasteiger partial charge in [0, 0.05) is 11.1 Å². The molecule has 0 spiro atoms. The average Bonchev–Trinajstić information content (AvgIpc) is 2.48. The highest BCUT2D eigenvalue weighted by atomic mass is 16.5. The monoisotopic (exact) mass is 284 g/mol. The Balaban J connectivity index is 2.55. The van der Waals surface area contributed by atoms with Gasteiger partial charge in [-0.3, -0.25) is 4.79 Å². The first kappa shape index (κ1) is 15.2. The van der Waals surface area contributed by atoms with Crippen LogP contribution >= 0.6 is 0 Å². The van der Waals surface area contributed by atoms with E-state index in [1.54, 1.807) is 7.11 Å². The SMILES string of the molecule is CCc1nnc(C)cc1C(=O)c1cc(C)c(OC)cc1C. The van der Waals surface area contributed by atoms with Crippen LogP contribution in [0.2, 0.25) is 0 Å². The van der Waals surface area contributed by atoms with Crippen molar-refractivity contribution in [2.24, 2.45) is 0 Å². The summed E-state index contributed by atoms with van der Waals surface area (Å²) in [5.74, 6) is 0.789. The molecule has 2 aromatic rings. The Morgan fingerprint density at radius 1 is 1.05 bits per heavy atom. The Bertz CT molecular complexity index is 693. The highest BCUT2D eigenvalue weighted by molar-refractivity contribution is 6.10. The molecule has 4 nitrogen and oxygen atoms in total. The molecule has 4 heteroatoms. The van der Waals surface area contributed by atoms with Crippen LogP contribution in [0.5, 0.6) is 5.75 Å². The standard InChI is InChI=1S/C17H20N2O2/c1-6-15-14(9-12(4)18-19-15)17(20)13-7-11(3)16(21-5)8-10(13)2/h7-9H,6H2,1-5H3. The molecule has 0 aliphatic carbocycles. The number of aryl methyl sites for hydroxylation is 4. The van der Waals surface area contributed by atoms with Gasteiger partial charge in [0.1, 0.15) is 5.75 Å². The second-order valence-corrected chi connectivity index (χ2v) is 5.17. The Morgan fingerprint density at radius 2 is 1.76 bits per heavy atom. The second-order valence-electron chi connectivity index (χ2n) is 5.17. The first-order valence-corrected chi connectivity index (χ1v) is 7.01. The Morgan fingerprint density at radius 3 is 2.38 bits per heavy atom. The molecular formula is C17H20N2O2. The molecule has 0 aliphatic rings. The highest BCUT2D eigenvalue weighted by Crippen LogP contribution is 2.25. The minimum absolute atomic E-state index is 0.00639. The molecule has 1 aromatic heterocycles. The van der Waals surface area contributed by atoms with E-state index < -0.39 is 0 Å². The lowest BCUT2D eigenvalue weighted by molar-refractivity contribution is 0.103. The Labute approximate surface area is 125 Å². The number of rotatable bonds is 4. The van der Waals surface area contributed by atoms with Crippen LogP contribution in [-0.4, -0.2) is 23.1 Å². The van der Waals surface area contributed by atoms with Crippen LogP contribution in [0.25, 0.3) is 0 Å². The van der Waals surface area contributed by atoms with Gasteiger partial charge in [-0.1, -0.05) is 6.92 Å². The van der Waals surface area contributed by atoms with Gasteiger partial charge in [0.05, 0.1) is 18.5 Å². The number of nitrogens with zero attached hydrogens (tertiary/aromatic N) is 2. The van der Waals surface area contributed by atoms with Gasteiger partial charge in [0.15, 0.2) is 5.78 Å². The average molecular weight is 284 g/mol. The molecule has 0 N–H and O–H groups in total. The molecule has 0 radical (unpaired) electrons. The molecule has 2 rings (SSSR count). The lowest BCUT2D eigenvalue weighted by Crippen LogP contribution is -2.11. The summed E-state index contributed by atoms with van der Waals surface area (Å²) in [6.45, 7) is 7.67. The summed E-state index contributed by atoms with van der Waals surface area (Å²) in [6, 6.07) is 5.59. The fraction of sp³-hybridized carbons (Fsp3) is 0.353. The van der Waals surface area contributed by atoms with Gasteiger partial charge in [-0.2, -0.15) is 10.2 Å². The molecule has 0 unspecified atom stereocenters. The summed E-state index contributed by atoms with van der Waals surface area (Å²) in [4.78, 5) is 12.8. The van der Waals surface area contributed by atoms with Crippen molar-refractivity contribution < 1.29 is 9.53 Å². The number of aromatic nitrogens is 2. The van der Waals surface area contributed by atoms with Crippen LogP contribution in [0.3, 0.4) is 0 Å².